The number of amides is 1. The van der Waals surface area contributed by atoms with Crippen molar-refractivity contribution in [3.05, 3.63) is 30.1 Å². The van der Waals surface area contributed by atoms with Crippen LogP contribution < -0.4 is 0 Å². The van der Waals surface area contributed by atoms with Crippen LogP contribution in [0, 0.1) is 0 Å². The fraction of sp³-hybridized carbons (Fsp3) is 0.467. The number of aromatic amines is 1. The van der Waals surface area contributed by atoms with E-state index >= 15 is 0 Å². The number of aryl methyl sites for hydroxylation is 1. The minimum atomic E-state index is 0.264. The first-order valence-corrected chi connectivity index (χ1v) is 7.04. The van der Waals surface area contributed by atoms with E-state index in [2.05, 4.69) is 9.97 Å². The van der Waals surface area contributed by atoms with Gasteiger partial charge < -0.3 is 9.88 Å². The zero-order valence-corrected chi connectivity index (χ0v) is 11.1. The van der Waals surface area contributed by atoms with Gasteiger partial charge in [0.05, 0.1) is 11.0 Å². The van der Waals surface area contributed by atoms with E-state index in [1.165, 1.54) is 6.42 Å². The molecule has 1 aliphatic heterocycles. The molecule has 1 aliphatic rings. The van der Waals surface area contributed by atoms with Crippen molar-refractivity contribution in [3.63, 3.8) is 0 Å². The number of nitrogens with one attached hydrogen (secondary N) is 1. The Labute approximate surface area is 112 Å². The Morgan fingerprint density at radius 3 is 2.79 bits per heavy atom. The van der Waals surface area contributed by atoms with Crippen molar-refractivity contribution in [2.75, 3.05) is 13.1 Å². The molecule has 0 saturated carbocycles. The lowest BCUT2D eigenvalue weighted by Crippen LogP contribution is -2.35. The minimum absolute atomic E-state index is 0.264. The number of hydrogen-bond donors (Lipinski definition) is 1. The van der Waals surface area contributed by atoms with Crippen LogP contribution >= 0.6 is 0 Å². The Kier molecular flexibility index (Phi) is 3.49. The summed E-state index contributed by atoms with van der Waals surface area (Å²) in [6, 6.07) is 7.97. The summed E-state index contributed by atoms with van der Waals surface area (Å²) in [4.78, 5) is 21.8. The van der Waals surface area contributed by atoms with Crippen LogP contribution in [0.25, 0.3) is 11.0 Å². The summed E-state index contributed by atoms with van der Waals surface area (Å²) in [6.45, 7) is 1.86. The molecule has 0 radical (unpaired) electrons. The fourth-order valence-electron chi connectivity index (χ4n) is 2.65. The SMILES string of the molecule is O=C(CCc1nc2ccccc2[nH]1)N1CCCCC1. The van der Waals surface area contributed by atoms with Gasteiger partial charge in [-0.3, -0.25) is 4.79 Å². The summed E-state index contributed by atoms with van der Waals surface area (Å²) in [5.74, 6) is 1.17. The van der Waals surface area contributed by atoms with Gasteiger partial charge in [-0.05, 0) is 31.4 Å². The quantitative estimate of drug-likeness (QED) is 0.918. The second kappa shape index (κ2) is 5.43. The monoisotopic (exact) mass is 257 g/mol. The molecule has 2 heterocycles. The zero-order chi connectivity index (χ0) is 13.1. The molecule has 0 aliphatic carbocycles. The first-order chi connectivity index (χ1) is 9.33. The van der Waals surface area contributed by atoms with Crippen molar-refractivity contribution in [1.29, 1.82) is 0 Å². The van der Waals surface area contributed by atoms with E-state index in [0.29, 0.717) is 12.8 Å². The third-order valence-electron chi connectivity index (χ3n) is 3.72. The molecule has 3 rings (SSSR count). The molecule has 1 amide bonds. The van der Waals surface area contributed by atoms with Gasteiger partial charge in [0.25, 0.3) is 0 Å². The van der Waals surface area contributed by atoms with Crippen molar-refractivity contribution in [2.45, 2.75) is 32.1 Å². The third-order valence-corrected chi connectivity index (χ3v) is 3.72. The summed E-state index contributed by atoms with van der Waals surface area (Å²) in [5, 5.41) is 0. The number of fused-ring (bicyclic) bond motifs is 1. The number of hydrogen-bond acceptors (Lipinski definition) is 2. The number of likely N-dealkylation sites (tertiary alicyclic amines) is 1. The molecule has 0 unspecified atom stereocenters. The van der Waals surface area contributed by atoms with Gasteiger partial charge in [0.15, 0.2) is 0 Å². The summed E-state index contributed by atoms with van der Waals surface area (Å²) >= 11 is 0. The molecular formula is C15H19N3O. The van der Waals surface area contributed by atoms with Crippen LogP contribution in [0.5, 0.6) is 0 Å². The number of piperidine rings is 1. The molecule has 0 bridgehead atoms. The van der Waals surface area contributed by atoms with Crippen molar-refractivity contribution in [1.82, 2.24) is 14.9 Å². The fourth-order valence-corrected chi connectivity index (χ4v) is 2.65. The van der Waals surface area contributed by atoms with Crippen LogP contribution in [0.1, 0.15) is 31.5 Å². The molecular weight excluding hydrogens is 238 g/mol. The van der Waals surface area contributed by atoms with Crippen LogP contribution in [-0.2, 0) is 11.2 Å². The van der Waals surface area contributed by atoms with Crippen LogP contribution in [-0.4, -0.2) is 33.9 Å². The molecule has 0 spiro atoms. The van der Waals surface area contributed by atoms with Gasteiger partial charge in [-0.2, -0.15) is 0 Å². The Morgan fingerprint density at radius 2 is 2.00 bits per heavy atom. The van der Waals surface area contributed by atoms with Crippen LogP contribution in [0.2, 0.25) is 0 Å². The molecule has 19 heavy (non-hydrogen) atoms. The number of nitrogens with zero attached hydrogens (tertiary/aromatic N) is 2. The first kappa shape index (κ1) is 12.2. The van der Waals surface area contributed by atoms with Crippen LogP contribution in [0.4, 0.5) is 0 Å². The zero-order valence-electron chi connectivity index (χ0n) is 11.1. The Morgan fingerprint density at radius 1 is 1.21 bits per heavy atom. The maximum absolute atomic E-state index is 12.1. The normalized spacial score (nSPS) is 15.9. The number of benzene rings is 1. The van der Waals surface area contributed by atoms with Gasteiger partial charge >= 0.3 is 0 Å². The molecule has 1 N–H and O–H groups in total. The van der Waals surface area contributed by atoms with Gasteiger partial charge in [-0.1, -0.05) is 12.1 Å². The van der Waals surface area contributed by atoms with E-state index in [1.807, 2.05) is 29.2 Å². The standard InChI is InChI=1S/C15H19N3O/c19-15(18-10-4-1-5-11-18)9-8-14-16-12-6-2-3-7-13(12)17-14/h2-3,6-7H,1,4-5,8-11H2,(H,16,17). The van der Waals surface area contributed by atoms with E-state index in [9.17, 15) is 4.79 Å². The predicted molar refractivity (Wildman–Crippen MR) is 74.8 cm³/mol. The molecule has 2 aromatic rings. The van der Waals surface area contributed by atoms with Crippen LogP contribution in [0.3, 0.4) is 0 Å². The summed E-state index contributed by atoms with van der Waals surface area (Å²) in [5.41, 5.74) is 2.02. The van der Waals surface area contributed by atoms with Crippen LogP contribution in [0.15, 0.2) is 24.3 Å². The lowest BCUT2D eigenvalue weighted by atomic mass is 10.1. The number of aromatic nitrogens is 2. The predicted octanol–water partition coefficient (Wildman–Crippen LogP) is 2.51. The summed E-state index contributed by atoms with van der Waals surface area (Å²) in [7, 11) is 0. The van der Waals surface area contributed by atoms with Gasteiger partial charge in [-0.25, -0.2) is 4.98 Å². The molecule has 4 nitrogen and oxygen atoms in total. The summed E-state index contributed by atoms with van der Waals surface area (Å²) in [6.07, 6.45) is 4.81. The van der Waals surface area contributed by atoms with Gasteiger partial charge in [0.1, 0.15) is 5.82 Å². The molecule has 1 aromatic heterocycles. The highest BCUT2D eigenvalue weighted by atomic mass is 16.2. The number of carbonyl (C=O) groups is 1. The number of imidazole rings is 1. The minimum Gasteiger partial charge on any atom is -0.343 e. The lowest BCUT2D eigenvalue weighted by molar-refractivity contribution is -0.132. The van der Waals surface area contributed by atoms with Crippen molar-refractivity contribution < 1.29 is 4.79 Å². The topological polar surface area (TPSA) is 49.0 Å². The van der Waals surface area contributed by atoms with Gasteiger partial charge in [0, 0.05) is 25.9 Å². The molecule has 1 aromatic carbocycles. The molecule has 100 valence electrons. The maximum atomic E-state index is 12.1. The Bertz CT molecular complexity index is 537. The summed E-state index contributed by atoms with van der Waals surface area (Å²) < 4.78 is 0. The molecule has 0 atom stereocenters. The number of para-hydroxylation sites is 2. The highest BCUT2D eigenvalue weighted by Gasteiger charge is 2.16. The van der Waals surface area contributed by atoms with E-state index in [0.717, 1.165) is 42.8 Å². The van der Waals surface area contributed by atoms with Crippen molar-refractivity contribution in [3.8, 4) is 0 Å². The van der Waals surface area contributed by atoms with E-state index in [1.54, 1.807) is 0 Å². The third kappa shape index (κ3) is 2.78. The molecule has 1 fully saturated rings. The van der Waals surface area contributed by atoms with Gasteiger partial charge in [0.2, 0.25) is 5.91 Å². The lowest BCUT2D eigenvalue weighted by Gasteiger charge is -2.26. The number of H-pyrrole nitrogens is 1. The maximum Gasteiger partial charge on any atom is 0.223 e. The average molecular weight is 257 g/mol. The number of rotatable bonds is 3. The molecule has 1 saturated heterocycles. The Hall–Kier alpha value is -1.84. The second-order valence-electron chi connectivity index (χ2n) is 5.14. The highest BCUT2D eigenvalue weighted by Crippen LogP contribution is 2.13. The number of carbonyl (C=O) groups excluding carboxylic acids is 1. The Balaban J connectivity index is 1.60. The van der Waals surface area contributed by atoms with Crippen molar-refractivity contribution in [2.24, 2.45) is 0 Å². The largest absolute Gasteiger partial charge is 0.343 e. The van der Waals surface area contributed by atoms with E-state index < -0.39 is 0 Å². The molecule has 4 heteroatoms. The average Bonchev–Trinajstić information content (AvgIpc) is 2.88. The van der Waals surface area contributed by atoms with E-state index in [4.69, 9.17) is 0 Å². The van der Waals surface area contributed by atoms with Crippen molar-refractivity contribution >= 4 is 16.9 Å². The first-order valence-electron chi connectivity index (χ1n) is 7.04. The smallest absolute Gasteiger partial charge is 0.223 e. The van der Waals surface area contributed by atoms with Gasteiger partial charge in [-0.15, -0.1) is 0 Å². The second-order valence-corrected chi connectivity index (χ2v) is 5.14. The van der Waals surface area contributed by atoms with E-state index in [-0.39, 0.29) is 5.91 Å². The highest BCUT2D eigenvalue weighted by molar-refractivity contribution is 5.77.